The Morgan fingerprint density at radius 2 is 1.21 bits per heavy atom. The van der Waals surface area contributed by atoms with E-state index in [0.717, 1.165) is 58.4 Å². The largest absolute Gasteiger partial charge is 0.0819 e. The summed E-state index contributed by atoms with van der Waals surface area (Å²) in [4.78, 5) is 0. The fourth-order valence-electron chi connectivity index (χ4n) is 11.8. The average Bonchev–Trinajstić information content (AvgIpc) is 3.47. The maximum absolute atomic E-state index is 2.92. The first-order valence-corrected chi connectivity index (χ1v) is 20.1. The molecule has 220 valence electrons. The summed E-state index contributed by atoms with van der Waals surface area (Å²) in [6.07, 6.45) is 13.5. The van der Waals surface area contributed by atoms with E-state index >= 15 is 0 Å². The third-order valence-corrected chi connectivity index (χ3v) is 18.8. The standard InChI is InChI=1S/C38H64Si/c1-22-17-32-33(35(22)39(12,13)36-25(4)23(2)24(3)26(36)5)20-27-15-14-16-31(27)34(32)28-18-29(37(6,7)8)21-30(19-28)38(9,10)11/h17,27-36H,14-16,18-21H2,1-13H3. The second-order valence-electron chi connectivity index (χ2n) is 18.3. The molecule has 0 saturated heterocycles. The molecule has 0 amide bonds. The number of hydrogen-bond acceptors (Lipinski definition) is 0. The fourth-order valence-corrected chi connectivity index (χ4v) is 17.6. The molecule has 0 aliphatic heterocycles. The molecule has 3 saturated carbocycles. The van der Waals surface area contributed by atoms with Gasteiger partial charge >= 0.3 is 0 Å². The van der Waals surface area contributed by atoms with Crippen molar-refractivity contribution in [3.63, 3.8) is 0 Å². The van der Waals surface area contributed by atoms with Crippen molar-refractivity contribution in [3.05, 3.63) is 33.9 Å². The van der Waals surface area contributed by atoms with Crippen LogP contribution in [0.25, 0.3) is 0 Å². The van der Waals surface area contributed by atoms with Crippen LogP contribution < -0.4 is 0 Å². The Balaban J connectivity index is 1.52. The molecule has 5 aliphatic rings. The van der Waals surface area contributed by atoms with Crippen LogP contribution in [0.3, 0.4) is 0 Å². The van der Waals surface area contributed by atoms with E-state index in [2.05, 4.69) is 95.3 Å². The van der Waals surface area contributed by atoms with Crippen molar-refractivity contribution < 1.29 is 0 Å². The number of allylic oxidation sites excluding steroid dienone is 6. The van der Waals surface area contributed by atoms with Gasteiger partial charge in [0.15, 0.2) is 0 Å². The van der Waals surface area contributed by atoms with E-state index < -0.39 is 8.07 Å². The minimum Gasteiger partial charge on any atom is -0.0819 e. The van der Waals surface area contributed by atoms with Gasteiger partial charge in [0.1, 0.15) is 0 Å². The summed E-state index contributed by atoms with van der Waals surface area (Å²) >= 11 is 0. The van der Waals surface area contributed by atoms with Gasteiger partial charge in [0.05, 0.1) is 8.07 Å². The van der Waals surface area contributed by atoms with E-state index in [-0.39, 0.29) is 0 Å². The molecular formula is C38H64Si. The van der Waals surface area contributed by atoms with Gasteiger partial charge in [-0.2, -0.15) is 0 Å². The lowest BCUT2D eigenvalue weighted by Crippen LogP contribution is -2.49. The van der Waals surface area contributed by atoms with Gasteiger partial charge in [0.2, 0.25) is 0 Å². The van der Waals surface area contributed by atoms with Crippen molar-refractivity contribution in [2.45, 2.75) is 145 Å². The molecule has 0 N–H and O–H groups in total. The van der Waals surface area contributed by atoms with Crippen LogP contribution >= 0.6 is 0 Å². The molecule has 39 heavy (non-hydrogen) atoms. The lowest BCUT2D eigenvalue weighted by molar-refractivity contribution is -0.0275. The first kappa shape index (κ1) is 29.9. The lowest BCUT2D eigenvalue weighted by Gasteiger charge is -2.54. The zero-order valence-corrected chi connectivity index (χ0v) is 29.3. The highest BCUT2D eigenvalue weighted by Crippen LogP contribution is 2.66. The van der Waals surface area contributed by atoms with E-state index in [1.54, 1.807) is 22.3 Å². The van der Waals surface area contributed by atoms with Crippen molar-refractivity contribution in [1.29, 1.82) is 0 Å². The third-order valence-electron chi connectivity index (χ3n) is 14.0. The molecule has 1 heteroatoms. The van der Waals surface area contributed by atoms with Gasteiger partial charge in [-0.05, 0) is 147 Å². The smallest absolute Gasteiger partial charge is 0.0669 e. The maximum Gasteiger partial charge on any atom is 0.0669 e. The van der Waals surface area contributed by atoms with Gasteiger partial charge in [-0.15, -0.1) is 0 Å². The molecule has 0 aromatic carbocycles. The molecule has 5 rings (SSSR count). The Kier molecular flexibility index (Phi) is 7.68. The fraction of sp³-hybridized carbons (Fsp3) is 0.842. The normalized spacial score (nSPS) is 40.3. The van der Waals surface area contributed by atoms with Crippen molar-refractivity contribution in [2.75, 3.05) is 0 Å². The summed E-state index contributed by atoms with van der Waals surface area (Å²) in [5.41, 5.74) is 10.9. The highest BCUT2D eigenvalue weighted by atomic mass is 28.3. The molecule has 0 spiro atoms. The topological polar surface area (TPSA) is 0 Å². The Morgan fingerprint density at radius 1 is 0.667 bits per heavy atom. The van der Waals surface area contributed by atoms with Crippen LogP contribution in [0.5, 0.6) is 0 Å². The summed E-state index contributed by atoms with van der Waals surface area (Å²) in [5.74, 6) is 7.39. The number of rotatable bonds is 3. The Labute approximate surface area is 245 Å². The van der Waals surface area contributed by atoms with E-state index in [1.165, 1.54) is 44.9 Å². The Morgan fingerprint density at radius 3 is 1.72 bits per heavy atom. The Bertz CT molecular complexity index is 1010. The molecule has 0 bridgehead atoms. The van der Waals surface area contributed by atoms with E-state index in [0.29, 0.717) is 10.8 Å². The van der Waals surface area contributed by atoms with Crippen LogP contribution in [0, 0.1) is 58.2 Å². The minimum absolute atomic E-state index is 0.427. The summed E-state index contributed by atoms with van der Waals surface area (Å²) in [7, 11) is -1.61. The zero-order valence-electron chi connectivity index (χ0n) is 28.3. The molecule has 0 radical (unpaired) electrons. The van der Waals surface area contributed by atoms with E-state index in [1.807, 2.05) is 5.57 Å². The van der Waals surface area contributed by atoms with E-state index in [4.69, 9.17) is 0 Å². The quantitative estimate of drug-likeness (QED) is 0.243. The molecule has 8 unspecified atom stereocenters. The van der Waals surface area contributed by atoms with Crippen LogP contribution in [0.1, 0.15) is 121 Å². The zero-order chi connectivity index (χ0) is 28.8. The predicted octanol–water partition coefficient (Wildman–Crippen LogP) is 11.9. The van der Waals surface area contributed by atoms with E-state index in [9.17, 15) is 0 Å². The van der Waals surface area contributed by atoms with Crippen LogP contribution in [0.15, 0.2) is 33.9 Å². The molecule has 0 aromatic rings. The van der Waals surface area contributed by atoms with Crippen LogP contribution in [0.2, 0.25) is 24.2 Å². The second-order valence-corrected chi connectivity index (χ2v) is 23.1. The molecule has 8 atom stereocenters. The average molecular weight is 549 g/mol. The van der Waals surface area contributed by atoms with Gasteiger partial charge in [-0.25, -0.2) is 0 Å². The first-order valence-electron chi connectivity index (χ1n) is 17.0. The number of hydrogen-bond donors (Lipinski definition) is 0. The van der Waals surface area contributed by atoms with Crippen molar-refractivity contribution >= 4 is 8.07 Å². The van der Waals surface area contributed by atoms with Gasteiger partial charge in [-0.1, -0.05) is 90.3 Å². The third kappa shape index (κ3) is 4.95. The summed E-state index contributed by atoms with van der Waals surface area (Å²) < 4.78 is 0. The van der Waals surface area contributed by atoms with Crippen molar-refractivity contribution in [3.8, 4) is 0 Å². The molecule has 0 heterocycles. The second kappa shape index (κ2) is 10.0. The number of fused-ring (bicyclic) bond motifs is 2. The predicted molar refractivity (Wildman–Crippen MR) is 175 cm³/mol. The van der Waals surface area contributed by atoms with Gasteiger partial charge < -0.3 is 0 Å². The SMILES string of the molecule is CC1=CC2C(CC3CCCC3C2C2CC(C(C)(C)C)CC(C(C)(C)C)C2)C1[Si](C)(C)C1C(C)=C(C)C(C)=C1C. The highest BCUT2D eigenvalue weighted by Gasteiger charge is 2.58. The van der Waals surface area contributed by atoms with Crippen molar-refractivity contribution in [1.82, 2.24) is 0 Å². The van der Waals surface area contributed by atoms with Crippen molar-refractivity contribution in [2.24, 2.45) is 58.2 Å². The first-order chi connectivity index (χ1) is 17.9. The maximum atomic E-state index is 2.92. The minimum atomic E-state index is -1.61. The summed E-state index contributed by atoms with van der Waals surface area (Å²) in [5, 5.41) is 0. The summed E-state index contributed by atoms with van der Waals surface area (Å²) in [6, 6.07) is 0. The lowest BCUT2D eigenvalue weighted by atomic mass is 9.52. The van der Waals surface area contributed by atoms with Gasteiger partial charge in [0.25, 0.3) is 0 Å². The molecular weight excluding hydrogens is 485 g/mol. The Hall–Kier alpha value is -0.563. The molecule has 3 fully saturated rings. The van der Waals surface area contributed by atoms with Crippen LogP contribution in [-0.2, 0) is 0 Å². The van der Waals surface area contributed by atoms with Crippen LogP contribution in [0.4, 0.5) is 0 Å². The van der Waals surface area contributed by atoms with Crippen LogP contribution in [-0.4, -0.2) is 8.07 Å². The summed E-state index contributed by atoms with van der Waals surface area (Å²) in [6.45, 7) is 33.2. The molecule has 5 aliphatic carbocycles. The monoisotopic (exact) mass is 548 g/mol. The molecule has 0 aromatic heterocycles. The highest BCUT2D eigenvalue weighted by molar-refractivity contribution is 6.82. The van der Waals surface area contributed by atoms with Gasteiger partial charge in [-0.3, -0.25) is 0 Å². The molecule has 0 nitrogen and oxygen atoms in total. The van der Waals surface area contributed by atoms with Gasteiger partial charge in [0, 0.05) is 0 Å².